The molecule has 5 rings (SSSR count). The largest absolute Gasteiger partial charge is 0.381 e. The molecule has 28 heavy (non-hydrogen) atoms. The first-order chi connectivity index (χ1) is 13.6. The third kappa shape index (κ3) is 2.87. The molecule has 3 aliphatic rings. The molecule has 0 N–H and O–H groups in total. The highest BCUT2D eigenvalue weighted by atomic mass is 16.5. The molecule has 0 unspecified atom stereocenters. The van der Waals surface area contributed by atoms with Gasteiger partial charge in [-0.3, -0.25) is 4.79 Å². The molecule has 8 nitrogen and oxygen atoms in total. The normalized spacial score (nSPS) is 22.3. The van der Waals surface area contributed by atoms with E-state index in [-0.39, 0.29) is 11.9 Å². The van der Waals surface area contributed by atoms with Gasteiger partial charge in [-0.1, -0.05) is 6.07 Å². The predicted molar refractivity (Wildman–Crippen MR) is 103 cm³/mol. The van der Waals surface area contributed by atoms with Gasteiger partial charge >= 0.3 is 0 Å². The molecule has 8 heteroatoms. The first kappa shape index (κ1) is 17.6. The van der Waals surface area contributed by atoms with Crippen molar-refractivity contribution in [2.75, 3.05) is 38.3 Å². The number of fused-ring (bicyclic) bond motifs is 2. The summed E-state index contributed by atoms with van der Waals surface area (Å²) in [4.78, 5) is 21.8. The lowest BCUT2D eigenvalue weighted by atomic mass is 9.99. The quantitative estimate of drug-likeness (QED) is 0.788. The van der Waals surface area contributed by atoms with Crippen LogP contribution in [0.3, 0.4) is 0 Å². The topological polar surface area (TPSA) is 76.4 Å². The molecule has 0 aliphatic carbocycles. The highest BCUT2D eigenvalue weighted by molar-refractivity contribution is 5.93. The molecule has 2 aromatic heterocycles. The van der Waals surface area contributed by atoms with Crippen molar-refractivity contribution in [2.45, 2.75) is 44.7 Å². The maximum absolute atomic E-state index is 13.1. The molecule has 0 bridgehead atoms. The van der Waals surface area contributed by atoms with Crippen LogP contribution in [0.15, 0.2) is 12.1 Å². The maximum Gasteiger partial charge on any atom is 0.273 e. The summed E-state index contributed by atoms with van der Waals surface area (Å²) in [5.41, 5.74) is 1.73. The molecule has 3 aliphatic heterocycles. The van der Waals surface area contributed by atoms with E-state index in [1.807, 2.05) is 24.1 Å². The first-order valence-corrected chi connectivity index (χ1v) is 10.1. The number of nitrogens with zero attached hydrogens (tertiary/aromatic N) is 6. The Morgan fingerprint density at radius 1 is 1.21 bits per heavy atom. The number of rotatable bonds is 2. The second-order valence-electron chi connectivity index (χ2n) is 8.12. The number of hydrogen-bond donors (Lipinski definition) is 0. The summed E-state index contributed by atoms with van der Waals surface area (Å²) in [6.07, 6.45) is 2.96. The van der Waals surface area contributed by atoms with E-state index >= 15 is 0 Å². The Bertz CT molecular complexity index is 904. The number of carbonyl (C=O) groups is 1. The smallest absolute Gasteiger partial charge is 0.273 e. The van der Waals surface area contributed by atoms with E-state index in [4.69, 9.17) is 4.74 Å². The van der Waals surface area contributed by atoms with Crippen LogP contribution in [0, 0.1) is 0 Å². The standard InChI is InChI=1S/C20H26N6O2/c1-13-11-25(20(27)16-4-3-14-5-8-24(2)18(14)21-16)12-17-22-23-19(26(13)17)15-6-9-28-10-7-15/h3-4,13,15H,5-12H2,1-2H3/t13-/m0/s1. The Kier molecular flexibility index (Phi) is 4.30. The SMILES string of the molecule is C[C@H]1CN(C(=O)c2ccc3c(n2)N(C)CC3)Cc2nnc(C3CCOCC3)n21. The van der Waals surface area contributed by atoms with Crippen LogP contribution in [-0.2, 0) is 17.7 Å². The number of ether oxygens (including phenoxy) is 1. The summed E-state index contributed by atoms with van der Waals surface area (Å²) in [5.74, 6) is 3.22. The van der Waals surface area contributed by atoms with E-state index in [0.29, 0.717) is 24.7 Å². The summed E-state index contributed by atoms with van der Waals surface area (Å²) in [6, 6.07) is 4.05. The molecule has 5 heterocycles. The Morgan fingerprint density at radius 2 is 2.04 bits per heavy atom. The fraction of sp³-hybridized carbons (Fsp3) is 0.600. The van der Waals surface area contributed by atoms with Crippen LogP contribution in [0.4, 0.5) is 5.82 Å². The van der Waals surface area contributed by atoms with Gasteiger partial charge in [0.15, 0.2) is 5.82 Å². The number of likely N-dealkylation sites (N-methyl/N-ethyl adjacent to an activating group) is 1. The zero-order valence-electron chi connectivity index (χ0n) is 16.5. The minimum atomic E-state index is -0.0307. The number of anilines is 1. The summed E-state index contributed by atoms with van der Waals surface area (Å²) >= 11 is 0. The molecule has 1 saturated heterocycles. The third-order valence-electron chi connectivity index (χ3n) is 6.18. The van der Waals surface area contributed by atoms with E-state index < -0.39 is 0 Å². The molecular formula is C20H26N6O2. The van der Waals surface area contributed by atoms with Gasteiger partial charge in [-0.25, -0.2) is 4.98 Å². The maximum atomic E-state index is 13.1. The highest BCUT2D eigenvalue weighted by Gasteiger charge is 2.33. The number of amides is 1. The van der Waals surface area contributed by atoms with Gasteiger partial charge in [0.1, 0.15) is 17.3 Å². The van der Waals surface area contributed by atoms with E-state index in [2.05, 4.69) is 31.6 Å². The van der Waals surface area contributed by atoms with Crippen LogP contribution in [0.2, 0.25) is 0 Å². The third-order valence-corrected chi connectivity index (χ3v) is 6.18. The number of carbonyl (C=O) groups excluding carboxylic acids is 1. The lowest BCUT2D eigenvalue weighted by molar-refractivity contribution is 0.0663. The average molecular weight is 382 g/mol. The van der Waals surface area contributed by atoms with Gasteiger partial charge < -0.3 is 19.1 Å². The summed E-state index contributed by atoms with van der Waals surface area (Å²) in [5, 5.41) is 8.92. The molecule has 0 radical (unpaired) electrons. The Labute approximate surface area is 164 Å². The van der Waals surface area contributed by atoms with E-state index in [1.54, 1.807) is 0 Å². The lowest BCUT2D eigenvalue weighted by Crippen LogP contribution is -2.41. The molecule has 2 aromatic rings. The zero-order valence-corrected chi connectivity index (χ0v) is 16.5. The summed E-state index contributed by atoms with van der Waals surface area (Å²) < 4.78 is 7.72. The van der Waals surface area contributed by atoms with E-state index in [9.17, 15) is 4.79 Å². The van der Waals surface area contributed by atoms with Crippen molar-refractivity contribution in [3.05, 3.63) is 35.0 Å². The molecular weight excluding hydrogens is 356 g/mol. The van der Waals surface area contributed by atoms with Crippen molar-refractivity contribution in [1.29, 1.82) is 0 Å². The lowest BCUT2D eigenvalue weighted by Gasteiger charge is -2.34. The minimum Gasteiger partial charge on any atom is -0.381 e. The van der Waals surface area contributed by atoms with Crippen LogP contribution >= 0.6 is 0 Å². The van der Waals surface area contributed by atoms with Crippen molar-refractivity contribution in [2.24, 2.45) is 0 Å². The van der Waals surface area contributed by atoms with Gasteiger partial charge in [-0.15, -0.1) is 10.2 Å². The molecule has 0 saturated carbocycles. The van der Waals surface area contributed by atoms with Crippen LogP contribution in [0.5, 0.6) is 0 Å². The Morgan fingerprint density at radius 3 is 2.86 bits per heavy atom. The van der Waals surface area contributed by atoms with Gasteiger partial charge in [-0.05, 0) is 37.8 Å². The van der Waals surface area contributed by atoms with Crippen molar-refractivity contribution in [3.8, 4) is 0 Å². The van der Waals surface area contributed by atoms with Gasteiger partial charge in [0.25, 0.3) is 5.91 Å². The Balaban J connectivity index is 1.38. The van der Waals surface area contributed by atoms with Crippen molar-refractivity contribution < 1.29 is 9.53 Å². The molecule has 1 amide bonds. The van der Waals surface area contributed by atoms with Crippen LogP contribution < -0.4 is 4.90 Å². The highest BCUT2D eigenvalue weighted by Crippen LogP contribution is 2.31. The number of hydrogen-bond acceptors (Lipinski definition) is 6. The van der Waals surface area contributed by atoms with Crippen molar-refractivity contribution >= 4 is 11.7 Å². The first-order valence-electron chi connectivity index (χ1n) is 10.1. The zero-order chi connectivity index (χ0) is 19.3. The molecule has 1 atom stereocenters. The van der Waals surface area contributed by atoms with Gasteiger partial charge in [-0.2, -0.15) is 0 Å². The van der Waals surface area contributed by atoms with Gasteiger partial charge in [0, 0.05) is 39.3 Å². The minimum absolute atomic E-state index is 0.0307. The summed E-state index contributed by atoms with van der Waals surface area (Å²) in [6.45, 7) is 5.79. The fourth-order valence-corrected chi connectivity index (χ4v) is 4.63. The Hall–Kier alpha value is -2.48. The van der Waals surface area contributed by atoms with Crippen LogP contribution in [0.25, 0.3) is 0 Å². The predicted octanol–water partition coefficient (Wildman–Crippen LogP) is 1.78. The van der Waals surface area contributed by atoms with Crippen molar-refractivity contribution in [3.63, 3.8) is 0 Å². The summed E-state index contributed by atoms with van der Waals surface area (Å²) in [7, 11) is 2.02. The molecule has 0 spiro atoms. The van der Waals surface area contributed by atoms with Gasteiger partial charge in [0.2, 0.25) is 0 Å². The molecule has 1 fully saturated rings. The van der Waals surface area contributed by atoms with Crippen LogP contribution in [0.1, 0.15) is 59.4 Å². The number of aromatic nitrogens is 4. The van der Waals surface area contributed by atoms with Crippen molar-refractivity contribution in [1.82, 2.24) is 24.6 Å². The monoisotopic (exact) mass is 382 g/mol. The molecule has 0 aromatic carbocycles. The molecule has 148 valence electrons. The number of pyridine rings is 1. The average Bonchev–Trinajstić information content (AvgIpc) is 3.32. The van der Waals surface area contributed by atoms with E-state index in [1.165, 1.54) is 5.56 Å². The fourth-order valence-electron chi connectivity index (χ4n) is 4.63. The van der Waals surface area contributed by atoms with E-state index in [0.717, 1.165) is 56.5 Å². The van der Waals surface area contributed by atoms with Gasteiger partial charge in [0.05, 0.1) is 12.6 Å². The van der Waals surface area contributed by atoms with Crippen LogP contribution in [-0.4, -0.2) is 63.9 Å². The second-order valence-corrected chi connectivity index (χ2v) is 8.12. The second kappa shape index (κ2) is 6.84.